The molecule has 0 atom stereocenters. The van der Waals surface area contributed by atoms with Crippen molar-refractivity contribution < 1.29 is 17.4 Å². The van der Waals surface area contributed by atoms with Gasteiger partial charge in [-0.2, -0.15) is 0 Å². The fourth-order valence-electron chi connectivity index (χ4n) is 4.06. The molecule has 6 nitrogen and oxygen atoms in total. The molecule has 43 heavy (non-hydrogen) atoms. The third-order valence-electron chi connectivity index (χ3n) is 6.28. The van der Waals surface area contributed by atoms with Gasteiger partial charge in [0, 0.05) is 54.5 Å². The summed E-state index contributed by atoms with van der Waals surface area (Å²) in [6.45, 7) is 12.3. The molecule has 6 heterocycles. The van der Waals surface area contributed by atoms with Crippen molar-refractivity contribution in [3.8, 4) is 34.2 Å². The summed E-state index contributed by atoms with van der Waals surface area (Å²) in [5.41, 5.74) is 12.9. The Labute approximate surface area is 265 Å². The summed E-state index contributed by atoms with van der Waals surface area (Å²) in [5.74, 6) is 0. The van der Waals surface area contributed by atoms with E-state index >= 15 is 0 Å². The maximum atomic E-state index is 4.29. The van der Waals surface area contributed by atoms with Gasteiger partial charge in [0.25, 0.3) is 0 Å². The SMILES string of the molecule is Cc1ccnc(-c2cc(C)ccn2)c1.Cc1ccnc(-c2cc(C)ccn2)c1.Cc1ccnc(-c2cc(C)ccn2)c1.[Cr]. The van der Waals surface area contributed by atoms with Gasteiger partial charge in [0.1, 0.15) is 0 Å². The molecule has 6 aromatic heterocycles. The first-order valence-electron chi connectivity index (χ1n) is 13.8. The molecule has 7 heteroatoms. The quantitative estimate of drug-likeness (QED) is 0.202. The van der Waals surface area contributed by atoms with Crippen molar-refractivity contribution in [1.82, 2.24) is 29.9 Å². The molecule has 0 aliphatic heterocycles. The van der Waals surface area contributed by atoms with Crippen LogP contribution >= 0.6 is 0 Å². The minimum Gasteiger partial charge on any atom is -0.255 e. The van der Waals surface area contributed by atoms with E-state index in [9.17, 15) is 0 Å². The Morgan fingerprint density at radius 2 is 0.419 bits per heavy atom. The molecular weight excluding hydrogens is 568 g/mol. The Bertz CT molecular complexity index is 1430. The van der Waals surface area contributed by atoms with E-state index < -0.39 is 0 Å². The first-order chi connectivity index (χ1) is 20.3. The largest absolute Gasteiger partial charge is 0.255 e. The maximum Gasteiger partial charge on any atom is 0.0888 e. The number of hydrogen-bond acceptors (Lipinski definition) is 6. The molecule has 0 radical (unpaired) electrons. The Morgan fingerprint density at radius 1 is 0.279 bits per heavy atom. The van der Waals surface area contributed by atoms with Crippen LogP contribution in [0.4, 0.5) is 0 Å². The zero-order valence-corrected chi connectivity index (χ0v) is 26.8. The predicted molar refractivity (Wildman–Crippen MR) is 171 cm³/mol. The van der Waals surface area contributed by atoms with E-state index in [0.717, 1.165) is 34.2 Å². The van der Waals surface area contributed by atoms with Crippen LogP contribution in [-0.4, -0.2) is 29.9 Å². The first kappa shape index (κ1) is 32.9. The van der Waals surface area contributed by atoms with E-state index in [0.29, 0.717) is 0 Å². The molecule has 6 rings (SSSR count). The van der Waals surface area contributed by atoms with Gasteiger partial charge < -0.3 is 0 Å². The number of rotatable bonds is 3. The van der Waals surface area contributed by atoms with Gasteiger partial charge in [-0.05, 0) is 148 Å². The van der Waals surface area contributed by atoms with Crippen LogP contribution < -0.4 is 0 Å². The van der Waals surface area contributed by atoms with E-state index in [2.05, 4.69) is 71.4 Å². The van der Waals surface area contributed by atoms with Crippen LogP contribution in [0.1, 0.15) is 33.4 Å². The Hall–Kier alpha value is -4.57. The number of aromatic nitrogens is 6. The molecule has 0 aliphatic rings. The standard InChI is InChI=1S/3C12H12N2.Cr/c3*1-9-3-5-13-11(7-9)12-8-10(2)4-6-14-12;/h3*3-8H,1-2H3;. The van der Waals surface area contributed by atoms with E-state index in [1.54, 1.807) is 0 Å². The number of pyridine rings is 6. The number of nitrogens with zero attached hydrogens (tertiary/aromatic N) is 6. The second-order valence-corrected chi connectivity index (χ2v) is 10.3. The summed E-state index contributed by atoms with van der Waals surface area (Å²) in [7, 11) is 0. The van der Waals surface area contributed by atoms with Crippen LogP contribution in [0.2, 0.25) is 0 Å². The van der Waals surface area contributed by atoms with Crippen molar-refractivity contribution in [2.45, 2.75) is 41.5 Å². The van der Waals surface area contributed by atoms with Crippen molar-refractivity contribution in [2.75, 3.05) is 0 Å². The van der Waals surface area contributed by atoms with E-state index in [1.165, 1.54) is 33.4 Å². The first-order valence-corrected chi connectivity index (χ1v) is 13.8. The normalized spacial score (nSPS) is 9.91. The fourth-order valence-corrected chi connectivity index (χ4v) is 4.06. The van der Waals surface area contributed by atoms with Gasteiger partial charge >= 0.3 is 0 Å². The molecule has 0 bridgehead atoms. The second-order valence-electron chi connectivity index (χ2n) is 10.3. The number of aryl methyl sites for hydroxylation is 6. The number of hydrogen-bond donors (Lipinski definition) is 0. The zero-order valence-electron chi connectivity index (χ0n) is 25.5. The Kier molecular flexibility index (Phi) is 12.4. The topological polar surface area (TPSA) is 77.3 Å². The van der Waals surface area contributed by atoms with Crippen LogP contribution in [0.15, 0.2) is 110 Å². The van der Waals surface area contributed by atoms with Gasteiger partial charge in [0.15, 0.2) is 0 Å². The van der Waals surface area contributed by atoms with Crippen molar-refractivity contribution in [3.63, 3.8) is 0 Å². The van der Waals surface area contributed by atoms with Crippen molar-refractivity contribution >= 4 is 0 Å². The van der Waals surface area contributed by atoms with Crippen LogP contribution in [0.5, 0.6) is 0 Å². The van der Waals surface area contributed by atoms with Gasteiger partial charge in [-0.1, -0.05) is 0 Å². The minimum absolute atomic E-state index is 0. The average Bonchev–Trinajstić information content (AvgIpc) is 2.98. The smallest absolute Gasteiger partial charge is 0.0888 e. The Morgan fingerprint density at radius 3 is 0.535 bits per heavy atom. The monoisotopic (exact) mass is 604 g/mol. The van der Waals surface area contributed by atoms with E-state index in [-0.39, 0.29) is 17.4 Å². The summed E-state index contributed by atoms with van der Waals surface area (Å²) in [6, 6.07) is 24.2. The van der Waals surface area contributed by atoms with Gasteiger partial charge in [-0.15, -0.1) is 0 Å². The third kappa shape index (κ3) is 10.3. The minimum atomic E-state index is 0. The third-order valence-corrected chi connectivity index (χ3v) is 6.28. The molecule has 0 spiro atoms. The molecule has 0 saturated carbocycles. The van der Waals surface area contributed by atoms with Gasteiger partial charge in [-0.25, -0.2) is 0 Å². The second kappa shape index (κ2) is 16.2. The van der Waals surface area contributed by atoms with E-state index in [4.69, 9.17) is 0 Å². The summed E-state index contributed by atoms with van der Waals surface area (Å²) < 4.78 is 0. The fraction of sp³-hybridized carbons (Fsp3) is 0.167. The molecule has 0 amide bonds. The van der Waals surface area contributed by atoms with Crippen molar-refractivity contribution in [1.29, 1.82) is 0 Å². The molecule has 0 N–H and O–H groups in total. The summed E-state index contributed by atoms with van der Waals surface area (Å²) in [6.07, 6.45) is 10.9. The molecular formula is C36H36CrN6. The molecule has 216 valence electrons. The molecule has 0 saturated heterocycles. The predicted octanol–water partition coefficient (Wildman–Crippen LogP) is 8.28. The summed E-state index contributed by atoms with van der Waals surface area (Å²) in [5, 5.41) is 0. The van der Waals surface area contributed by atoms with Gasteiger partial charge in [-0.3, -0.25) is 29.9 Å². The van der Waals surface area contributed by atoms with Crippen LogP contribution in [0.3, 0.4) is 0 Å². The molecule has 0 aromatic carbocycles. The van der Waals surface area contributed by atoms with Crippen molar-refractivity contribution in [2.24, 2.45) is 0 Å². The zero-order chi connectivity index (χ0) is 29.9. The Balaban J connectivity index is 0.000000175. The average molecular weight is 605 g/mol. The summed E-state index contributed by atoms with van der Waals surface area (Å²) >= 11 is 0. The maximum absolute atomic E-state index is 4.29. The molecule has 0 fully saturated rings. The van der Waals surface area contributed by atoms with Crippen LogP contribution in [-0.2, 0) is 17.4 Å². The van der Waals surface area contributed by atoms with Gasteiger partial charge in [0.2, 0.25) is 0 Å². The van der Waals surface area contributed by atoms with Crippen molar-refractivity contribution in [3.05, 3.63) is 143 Å². The molecule has 0 unspecified atom stereocenters. The molecule has 0 aliphatic carbocycles. The molecule has 6 aromatic rings. The van der Waals surface area contributed by atoms with E-state index in [1.807, 2.05) is 110 Å². The van der Waals surface area contributed by atoms with Gasteiger partial charge in [0.05, 0.1) is 34.2 Å². The van der Waals surface area contributed by atoms with Crippen LogP contribution in [0, 0.1) is 41.5 Å². The van der Waals surface area contributed by atoms with Crippen LogP contribution in [0.25, 0.3) is 34.2 Å². The summed E-state index contributed by atoms with van der Waals surface area (Å²) in [4.78, 5) is 25.7.